The lowest BCUT2D eigenvalue weighted by atomic mass is 9.98. The van der Waals surface area contributed by atoms with Gasteiger partial charge >= 0.3 is 0 Å². The van der Waals surface area contributed by atoms with Gasteiger partial charge in [0.25, 0.3) is 0 Å². The van der Waals surface area contributed by atoms with Crippen molar-refractivity contribution in [3.05, 3.63) is 182 Å². The maximum Gasteiger partial charge on any atom is 0.182 e. The van der Waals surface area contributed by atoms with Gasteiger partial charge in [0.1, 0.15) is 16.9 Å². The largest absolute Gasteiger partial charge is 0.456 e. The molecule has 0 atom stereocenters. The highest BCUT2D eigenvalue weighted by Crippen LogP contribution is 2.38. The monoisotopic (exact) mass is 678 g/mol. The summed E-state index contributed by atoms with van der Waals surface area (Å²) in [5.41, 5.74) is 10.9. The van der Waals surface area contributed by atoms with Gasteiger partial charge in [0, 0.05) is 33.7 Å². The van der Waals surface area contributed by atoms with Gasteiger partial charge in [0.15, 0.2) is 17.5 Å². The van der Waals surface area contributed by atoms with Gasteiger partial charge in [-0.3, -0.25) is 4.98 Å². The van der Waals surface area contributed by atoms with Crippen molar-refractivity contribution in [3.8, 4) is 67.7 Å². The van der Waals surface area contributed by atoms with Gasteiger partial charge in [-0.1, -0.05) is 146 Å². The molecule has 0 bridgehead atoms. The highest BCUT2D eigenvalue weighted by molar-refractivity contribution is 6.13. The van der Waals surface area contributed by atoms with Gasteiger partial charge in [0.2, 0.25) is 0 Å². The molecule has 10 rings (SSSR count). The van der Waals surface area contributed by atoms with Crippen molar-refractivity contribution in [2.45, 2.75) is 0 Å². The molecule has 0 radical (unpaired) electrons. The molecule has 0 saturated carbocycles. The molecule has 0 fully saturated rings. The molecule has 7 aromatic carbocycles. The van der Waals surface area contributed by atoms with Crippen LogP contribution in [0.25, 0.3) is 100 Å². The maximum atomic E-state index is 6.40. The molecule has 10 aromatic rings. The Morgan fingerprint density at radius 2 is 0.962 bits per heavy atom. The second-order valence-electron chi connectivity index (χ2n) is 13.1. The lowest BCUT2D eigenvalue weighted by Gasteiger charge is -2.09. The summed E-state index contributed by atoms with van der Waals surface area (Å²) < 4.78 is 6.40. The van der Waals surface area contributed by atoms with Crippen LogP contribution in [0.3, 0.4) is 0 Å². The van der Waals surface area contributed by atoms with Crippen LogP contribution in [-0.4, -0.2) is 19.9 Å². The van der Waals surface area contributed by atoms with Crippen molar-refractivity contribution < 1.29 is 4.42 Å². The molecule has 3 heterocycles. The second-order valence-corrected chi connectivity index (χ2v) is 13.1. The van der Waals surface area contributed by atoms with Crippen LogP contribution < -0.4 is 0 Å². The topological polar surface area (TPSA) is 64.7 Å². The molecule has 248 valence electrons. The molecule has 0 aliphatic rings. The van der Waals surface area contributed by atoms with Crippen molar-refractivity contribution in [2.24, 2.45) is 0 Å². The van der Waals surface area contributed by atoms with Crippen molar-refractivity contribution in [2.75, 3.05) is 0 Å². The van der Waals surface area contributed by atoms with E-state index in [-0.39, 0.29) is 0 Å². The quantitative estimate of drug-likeness (QED) is 0.175. The zero-order valence-electron chi connectivity index (χ0n) is 28.5. The van der Waals surface area contributed by atoms with Crippen molar-refractivity contribution in [1.82, 2.24) is 19.9 Å². The molecule has 5 nitrogen and oxygen atoms in total. The van der Waals surface area contributed by atoms with E-state index in [9.17, 15) is 0 Å². The predicted molar refractivity (Wildman–Crippen MR) is 215 cm³/mol. The highest BCUT2D eigenvalue weighted by Gasteiger charge is 2.16. The third-order valence-electron chi connectivity index (χ3n) is 9.80. The average Bonchev–Trinajstić information content (AvgIpc) is 3.62. The fourth-order valence-electron chi connectivity index (χ4n) is 7.08. The van der Waals surface area contributed by atoms with E-state index in [0.717, 1.165) is 55.3 Å². The molecule has 0 amide bonds. The van der Waals surface area contributed by atoms with Crippen molar-refractivity contribution >= 4 is 32.7 Å². The van der Waals surface area contributed by atoms with Crippen LogP contribution >= 0.6 is 0 Å². The number of hydrogen-bond donors (Lipinski definition) is 0. The summed E-state index contributed by atoms with van der Waals surface area (Å²) in [6.07, 6.45) is 1.89. The summed E-state index contributed by atoms with van der Waals surface area (Å²) in [6.45, 7) is 0. The number of hydrogen-bond acceptors (Lipinski definition) is 5. The smallest absolute Gasteiger partial charge is 0.182 e. The number of fused-ring (bicyclic) bond motifs is 4. The molecule has 0 unspecified atom stereocenters. The molecular weight excluding hydrogens is 649 g/mol. The zero-order valence-corrected chi connectivity index (χ0v) is 28.5. The minimum absolute atomic E-state index is 0.521. The lowest BCUT2D eigenvalue weighted by Crippen LogP contribution is -2.01. The first-order valence-electron chi connectivity index (χ1n) is 17.6. The third kappa shape index (κ3) is 5.71. The van der Waals surface area contributed by atoms with Crippen LogP contribution in [0.2, 0.25) is 0 Å². The SMILES string of the molecule is c1ccc(-c2nc(-c3ccc(-c4ccc5c(c4)oc4cccc(-c6ccccc6)c45)cc3)nc(-c3ccc(-c4ccc5ccccc5c4)cn3)n2)cc1. The molecule has 0 aliphatic carbocycles. The van der Waals surface area contributed by atoms with E-state index in [1.807, 2.05) is 54.7 Å². The molecule has 53 heavy (non-hydrogen) atoms. The molecule has 0 aliphatic heterocycles. The van der Waals surface area contributed by atoms with Gasteiger partial charge in [-0.25, -0.2) is 15.0 Å². The van der Waals surface area contributed by atoms with Crippen LogP contribution in [0.1, 0.15) is 0 Å². The average molecular weight is 679 g/mol. The van der Waals surface area contributed by atoms with E-state index >= 15 is 0 Å². The normalized spacial score (nSPS) is 11.4. The van der Waals surface area contributed by atoms with Crippen LogP contribution in [0.5, 0.6) is 0 Å². The van der Waals surface area contributed by atoms with E-state index in [1.165, 1.54) is 21.9 Å². The first-order chi connectivity index (χ1) is 26.2. The zero-order chi connectivity index (χ0) is 35.1. The molecule has 0 saturated heterocycles. The van der Waals surface area contributed by atoms with Gasteiger partial charge in [-0.2, -0.15) is 0 Å². The number of furan rings is 1. The first kappa shape index (κ1) is 30.6. The van der Waals surface area contributed by atoms with E-state index in [0.29, 0.717) is 23.2 Å². The van der Waals surface area contributed by atoms with E-state index in [2.05, 4.69) is 127 Å². The molecule has 0 N–H and O–H groups in total. The minimum Gasteiger partial charge on any atom is -0.456 e. The number of pyridine rings is 1. The summed E-state index contributed by atoms with van der Waals surface area (Å²) in [4.78, 5) is 19.6. The minimum atomic E-state index is 0.521. The van der Waals surface area contributed by atoms with E-state index < -0.39 is 0 Å². The Kier molecular flexibility index (Phi) is 7.40. The van der Waals surface area contributed by atoms with Crippen LogP contribution in [0.4, 0.5) is 0 Å². The maximum absolute atomic E-state index is 6.40. The van der Waals surface area contributed by atoms with Crippen LogP contribution in [0, 0.1) is 0 Å². The Morgan fingerprint density at radius 3 is 1.72 bits per heavy atom. The summed E-state index contributed by atoms with van der Waals surface area (Å²) >= 11 is 0. The fourth-order valence-corrected chi connectivity index (χ4v) is 7.08. The van der Waals surface area contributed by atoms with Gasteiger partial charge in [0.05, 0.1) is 0 Å². The summed E-state index contributed by atoms with van der Waals surface area (Å²) in [5, 5.41) is 4.64. The molecule has 5 heteroatoms. The van der Waals surface area contributed by atoms with Gasteiger partial charge < -0.3 is 4.42 Å². The summed E-state index contributed by atoms with van der Waals surface area (Å²) in [5.74, 6) is 1.70. The Labute approximate surface area is 305 Å². The van der Waals surface area contributed by atoms with Crippen LogP contribution in [0.15, 0.2) is 187 Å². The number of aromatic nitrogens is 4. The van der Waals surface area contributed by atoms with Crippen molar-refractivity contribution in [1.29, 1.82) is 0 Å². The third-order valence-corrected chi connectivity index (χ3v) is 9.80. The number of rotatable bonds is 6. The number of benzene rings is 7. The Hall–Kier alpha value is -7.24. The van der Waals surface area contributed by atoms with E-state index in [4.69, 9.17) is 24.4 Å². The fraction of sp³-hybridized carbons (Fsp3) is 0. The Morgan fingerprint density at radius 1 is 0.358 bits per heavy atom. The lowest BCUT2D eigenvalue weighted by molar-refractivity contribution is 0.669. The molecular formula is C48H30N4O. The van der Waals surface area contributed by atoms with E-state index in [1.54, 1.807) is 0 Å². The highest BCUT2D eigenvalue weighted by atomic mass is 16.3. The Balaban J connectivity index is 0.994. The Bertz CT molecular complexity index is 2920. The first-order valence-corrected chi connectivity index (χ1v) is 17.6. The van der Waals surface area contributed by atoms with Gasteiger partial charge in [-0.05, 0) is 68.9 Å². The summed E-state index contributed by atoms with van der Waals surface area (Å²) in [7, 11) is 0. The van der Waals surface area contributed by atoms with Gasteiger partial charge in [-0.15, -0.1) is 0 Å². The summed E-state index contributed by atoms with van der Waals surface area (Å²) in [6, 6.07) is 60.4. The molecule has 3 aromatic heterocycles. The number of nitrogens with zero attached hydrogens (tertiary/aromatic N) is 4. The van der Waals surface area contributed by atoms with Crippen LogP contribution in [-0.2, 0) is 0 Å². The van der Waals surface area contributed by atoms with Crippen molar-refractivity contribution in [3.63, 3.8) is 0 Å². The second kappa shape index (κ2) is 12.8. The standard InChI is InChI=1S/C48H30N4O/c1-3-11-33(12-4-1)40-16-9-17-43-45(40)41-26-24-38(29-44(41)53-43)32-18-21-35(22-19-32)47-50-46(34-13-5-2-6-14-34)51-48(52-47)42-27-25-39(30-49-42)37-23-20-31-10-7-8-15-36(31)28-37/h1-30H. The molecule has 0 spiro atoms. The predicted octanol–water partition coefficient (Wildman–Crippen LogP) is 12.3.